The lowest BCUT2D eigenvalue weighted by molar-refractivity contribution is -0.116. The van der Waals surface area contributed by atoms with Gasteiger partial charge in [-0.05, 0) is 84.7 Å². The number of hydrogen-bond donors (Lipinski definition) is 1. The number of rotatable bonds is 9. The molecule has 2 aromatic carbocycles. The van der Waals surface area contributed by atoms with Gasteiger partial charge >= 0.3 is 0 Å². The van der Waals surface area contributed by atoms with Crippen LogP contribution in [0.5, 0.6) is 0 Å². The van der Waals surface area contributed by atoms with Crippen LogP contribution < -0.4 is 5.32 Å². The number of carbonyl (C=O) groups is 1. The number of benzene rings is 2. The molecule has 164 valence electrons. The van der Waals surface area contributed by atoms with Gasteiger partial charge in [0.25, 0.3) is 0 Å². The van der Waals surface area contributed by atoms with Crippen LogP contribution in [-0.2, 0) is 16.6 Å². The molecule has 0 saturated heterocycles. The molecule has 1 saturated carbocycles. The zero-order valence-corrected chi connectivity index (χ0v) is 17.8. The van der Waals surface area contributed by atoms with Gasteiger partial charge in [0.1, 0.15) is 11.6 Å². The molecule has 1 aliphatic rings. The van der Waals surface area contributed by atoms with Crippen LogP contribution in [0.15, 0.2) is 85.2 Å². The number of amides is 1. The zero-order valence-electron chi connectivity index (χ0n) is 17.8. The highest BCUT2D eigenvalue weighted by atomic mass is 19.1. The van der Waals surface area contributed by atoms with Crippen molar-refractivity contribution in [1.29, 1.82) is 0 Å². The Morgan fingerprint density at radius 2 is 1.66 bits per heavy atom. The summed E-state index contributed by atoms with van der Waals surface area (Å²) < 4.78 is 26.9. The van der Waals surface area contributed by atoms with Crippen LogP contribution in [-0.4, -0.2) is 17.4 Å². The van der Waals surface area contributed by atoms with Crippen molar-refractivity contribution in [2.24, 2.45) is 5.92 Å². The van der Waals surface area contributed by atoms with Gasteiger partial charge in [0.05, 0.1) is 0 Å². The molecule has 1 N–H and O–H groups in total. The first-order chi connectivity index (χ1) is 15.6. The molecule has 0 aliphatic heterocycles. The molecular weight excluding hydrogens is 406 g/mol. The molecule has 1 heterocycles. The van der Waals surface area contributed by atoms with Gasteiger partial charge in [0, 0.05) is 24.4 Å². The molecule has 0 radical (unpaired) electrons. The van der Waals surface area contributed by atoms with Gasteiger partial charge in [0.15, 0.2) is 0 Å². The van der Waals surface area contributed by atoms with E-state index in [9.17, 15) is 13.6 Å². The van der Waals surface area contributed by atoms with Crippen LogP contribution in [0.4, 0.5) is 8.78 Å². The second-order valence-electron chi connectivity index (χ2n) is 8.26. The van der Waals surface area contributed by atoms with E-state index in [4.69, 9.17) is 0 Å². The van der Waals surface area contributed by atoms with E-state index >= 15 is 0 Å². The molecule has 1 atom stereocenters. The van der Waals surface area contributed by atoms with Crippen molar-refractivity contribution in [2.45, 2.75) is 31.1 Å². The summed E-state index contributed by atoms with van der Waals surface area (Å²) in [6.07, 6.45) is 10.7. The molecule has 3 aromatic rings. The second kappa shape index (κ2) is 9.86. The number of aromatic nitrogens is 1. The van der Waals surface area contributed by atoms with E-state index in [0.717, 1.165) is 36.8 Å². The number of aryl methyl sites for hydroxylation is 1. The number of pyridine rings is 1. The van der Waals surface area contributed by atoms with Crippen molar-refractivity contribution < 1.29 is 13.6 Å². The number of unbranched alkanes of at least 4 members (excludes halogenated alkanes) is 1. The lowest BCUT2D eigenvalue weighted by Gasteiger charge is -2.18. The highest BCUT2D eigenvalue weighted by molar-refractivity contribution is 5.87. The largest absolute Gasteiger partial charge is 0.353 e. The first kappa shape index (κ1) is 21.9. The van der Waals surface area contributed by atoms with E-state index in [1.807, 2.05) is 18.3 Å². The maximum Gasteiger partial charge on any atom is 0.243 e. The fourth-order valence-electron chi connectivity index (χ4n) is 4.32. The highest BCUT2D eigenvalue weighted by Crippen LogP contribution is 2.59. The minimum atomic E-state index is -0.359. The average molecular weight is 433 g/mol. The first-order valence-corrected chi connectivity index (χ1v) is 10.9. The fraction of sp³-hybridized carbons (Fsp3) is 0.259. The third-order valence-corrected chi connectivity index (χ3v) is 6.13. The SMILES string of the molecule is O=C(/C=C/[C@@H]1CC1(c1ccc(F)cc1)c1ccc(F)cc1)NCCCCc1cccnc1. The van der Waals surface area contributed by atoms with Crippen LogP contribution in [0.2, 0.25) is 0 Å². The van der Waals surface area contributed by atoms with E-state index < -0.39 is 0 Å². The fourth-order valence-corrected chi connectivity index (χ4v) is 4.32. The second-order valence-corrected chi connectivity index (χ2v) is 8.26. The number of hydrogen-bond acceptors (Lipinski definition) is 2. The highest BCUT2D eigenvalue weighted by Gasteiger charge is 2.55. The van der Waals surface area contributed by atoms with Crippen molar-refractivity contribution in [3.8, 4) is 0 Å². The topological polar surface area (TPSA) is 42.0 Å². The summed E-state index contributed by atoms with van der Waals surface area (Å²) in [4.78, 5) is 16.4. The maximum atomic E-state index is 13.5. The summed E-state index contributed by atoms with van der Waals surface area (Å²) in [6, 6.07) is 16.8. The number of nitrogens with one attached hydrogen (secondary N) is 1. The third kappa shape index (κ3) is 5.10. The molecular formula is C27H26F2N2O. The third-order valence-electron chi connectivity index (χ3n) is 6.13. The molecule has 32 heavy (non-hydrogen) atoms. The predicted molar refractivity (Wildman–Crippen MR) is 121 cm³/mol. The van der Waals surface area contributed by atoms with Crippen molar-refractivity contribution >= 4 is 5.91 Å². The summed E-state index contributed by atoms with van der Waals surface area (Å²) in [7, 11) is 0. The average Bonchev–Trinajstić information content (AvgIpc) is 3.54. The van der Waals surface area contributed by atoms with Crippen molar-refractivity contribution in [2.75, 3.05) is 6.54 Å². The lowest BCUT2D eigenvalue weighted by Crippen LogP contribution is -2.22. The van der Waals surface area contributed by atoms with Crippen LogP contribution in [0.25, 0.3) is 0 Å². The quantitative estimate of drug-likeness (QED) is 0.365. The van der Waals surface area contributed by atoms with E-state index in [2.05, 4.69) is 16.4 Å². The summed E-state index contributed by atoms with van der Waals surface area (Å²) >= 11 is 0. The molecule has 0 unspecified atom stereocenters. The number of carbonyl (C=O) groups excluding carboxylic acids is 1. The summed E-state index contributed by atoms with van der Waals surface area (Å²) in [5, 5.41) is 2.93. The molecule has 1 aliphatic carbocycles. The van der Waals surface area contributed by atoms with Crippen molar-refractivity contribution in [3.05, 3.63) is 114 Å². The van der Waals surface area contributed by atoms with E-state index in [-0.39, 0.29) is 28.9 Å². The Hall–Kier alpha value is -3.34. The normalized spacial score (nSPS) is 16.8. The van der Waals surface area contributed by atoms with E-state index in [1.54, 1.807) is 36.5 Å². The first-order valence-electron chi connectivity index (χ1n) is 10.9. The standard InChI is InChI=1S/C27H26F2N2O/c28-24-11-6-21(7-12-24)27(22-8-13-25(29)14-9-22)18-23(27)10-15-26(32)31-17-2-1-4-20-5-3-16-30-19-20/h3,5-16,19,23H,1-2,4,17-18H2,(H,31,32)/b15-10+/t23-/m1/s1. The van der Waals surface area contributed by atoms with E-state index in [0.29, 0.717) is 6.54 Å². The Bertz CT molecular complexity index is 1020. The number of halogens is 2. The lowest BCUT2D eigenvalue weighted by atomic mass is 9.85. The Balaban J connectivity index is 1.33. The zero-order chi connectivity index (χ0) is 22.4. The van der Waals surface area contributed by atoms with Crippen LogP contribution in [0.1, 0.15) is 36.0 Å². The maximum absolute atomic E-state index is 13.5. The monoisotopic (exact) mass is 432 g/mol. The Morgan fingerprint density at radius 1 is 1.00 bits per heavy atom. The predicted octanol–water partition coefficient (Wildman–Crippen LogP) is 5.36. The van der Waals surface area contributed by atoms with Gasteiger partial charge in [0.2, 0.25) is 5.91 Å². The van der Waals surface area contributed by atoms with Gasteiger partial charge in [-0.2, -0.15) is 0 Å². The van der Waals surface area contributed by atoms with E-state index in [1.165, 1.54) is 29.8 Å². The summed E-state index contributed by atoms with van der Waals surface area (Å²) in [5.74, 6) is -0.613. The Kier molecular flexibility index (Phi) is 6.74. The summed E-state index contributed by atoms with van der Waals surface area (Å²) in [5.41, 5.74) is 2.78. The Morgan fingerprint density at radius 3 is 2.25 bits per heavy atom. The van der Waals surface area contributed by atoms with Gasteiger partial charge in [-0.25, -0.2) is 8.78 Å². The minimum Gasteiger partial charge on any atom is -0.353 e. The van der Waals surface area contributed by atoms with Crippen LogP contribution in [0.3, 0.4) is 0 Å². The smallest absolute Gasteiger partial charge is 0.243 e. The number of allylic oxidation sites excluding steroid dienone is 1. The molecule has 4 rings (SSSR count). The van der Waals surface area contributed by atoms with Crippen LogP contribution in [0, 0.1) is 17.6 Å². The molecule has 3 nitrogen and oxygen atoms in total. The molecule has 1 aromatic heterocycles. The van der Waals surface area contributed by atoms with Crippen LogP contribution >= 0.6 is 0 Å². The van der Waals surface area contributed by atoms with Crippen molar-refractivity contribution in [3.63, 3.8) is 0 Å². The molecule has 0 spiro atoms. The van der Waals surface area contributed by atoms with Gasteiger partial charge in [-0.3, -0.25) is 9.78 Å². The van der Waals surface area contributed by atoms with Gasteiger partial charge in [-0.1, -0.05) is 36.4 Å². The molecule has 1 fully saturated rings. The molecule has 5 heteroatoms. The Labute approximate surface area is 187 Å². The van der Waals surface area contributed by atoms with Gasteiger partial charge < -0.3 is 5.32 Å². The van der Waals surface area contributed by atoms with Gasteiger partial charge in [-0.15, -0.1) is 0 Å². The minimum absolute atomic E-state index is 0.0924. The summed E-state index contributed by atoms with van der Waals surface area (Å²) in [6.45, 7) is 0.620. The molecule has 0 bridgehead atoms. The number of nitrogens with zero attached hydrogens (tertiary/aromatic N) is 1. The van der Waals surface area contributed by atoms with Crippen molar-refractivity contribution in [1.82, 2.24) is 10.3 Å². The molecule has 1 amide bonds.